The first kappa shape index (κ1) is 13.2. The van der Waals surface area contributed by atoms with Crippen LogP contribution in [-0.2, 0) is 6.61 Å². The number of benzene rings is 1. The minimum atomic E-state index is -0.383. The van der Waals surface area contributed by atoms with E-state index in [0.717, 1.165) is 29.4 Å². The van der Waals surface area contributed by atoms with Gasteiger partial charge in [-0.2, -0.15) is 0 Å². The first-order valence-electron chi connectivity index (χ1n) is 5.89. The molecule has 0 fully saturated rings. The highest BCUT2D eigenvalue weighted by atomic mass is 19.1. The normalized spacial score (nSPS) is 10.3. The fourth-order valence-electron chi connectivity index (χ4n) is 1.97. The van der Waals surface area contributed by atoms with Crippen molar-refractivity contribution in [1.82, 2.24) is 4.98 Å². The Morgan fingerprint density at radius 3 is 2.47 bits per heavy atom. The van der Waals surface area contributed by atoms with Gasteiger partial charge in [-0.1, -0.05) is 0 Å². The van der Waals surface area contributed by atoms with E-state index in [-0.39, 0.29) is 12.4 Å². The van der Waals surface area contributed by atoms with E-state index < -0.39 is 0 Å². The Hall–Kier alpha value is -2.23. The van der Waals surface area contributed by atoms with E-state index in [1.54, 1.807) is 18.3 Å². The third-order valence-corrected chi connectivity index (χ3v) is 2.76. The van der Waals surface area contributed by atoms with Crippen molar-refractivity contribution in [2.75, 3.05) is 0 Å². The van der Waals surface area contributed by atoms with Crippen molar-refractivity contribution in [3.05, 3.63) is 58.7 Å². The van der Waals surface area contributed by atoms with Gasteiger partial charge < -0.3 is 4.74 Å². The minimum absolute atomic E-state index is 0.243. The molecule has 0 aliphatic heterocycles. The first-order chi connectivity index (χ1) is 9.10. The number of nitrogens with zero attached hydrogens (tertiary/aromatic N) is 1. The standard InChI is InChI=1S/C15H14FNO2/c1-10-3-12(8-18)4-11(2)15(10)19-9-13-5-14(16)7-17-6-13/h3-8H,9H2,1-2H3. The smallest absolute Gasteiger partial charge is 0.150 e. The number of aldehydes is 1. The molecular weight excluding hydrogens is 245 g/mol. The minimum Gasteiger partial charge on any atom is -0.488 e. The number of hydrogen-bond donors (Lipinski definition) is 0. The molecule has 1 heterocycles. The molecule has 1 aromatic carbocycles. The third-order valence-electron chi connectivity index (χ3n) is 2.76. The number of pyridine rings is 1. The average molecular weight is 259 g/mol. The number of rotatable bonds is 4. The second-order valence-corrected chi connectivity index (χ2v) is 4.40. The molecule has 0 N–H and O–H groups in total. The Balaban J connectivity index is 2.18. The van der Waals surface area contributed by atoms with Gasteiger partial charge in [-0.25, -0.2) is 4.39 Å². The van der Waals surface area contributed by atoms with Gasteiger partial charge in [0.2, 0.25) is 0 Å². The van der Waals surface area contributed by atoms with E-state index in [9.17, 15) is 9.18 Å². The largest absolute Gasteiger partial charge is 0.488 e. The van der Waals surface area contributed by atoms with Crippen LogP contribution in [0.15, 0.2) is 30.6 Å². The van der Waals surface area contributed by atoms with Crippen LogP contribution in [0.1, 0.15) is 27.0 Å². The maximum absolute atomic E-state index is 13.0. The number of halogens is 1. The SMILES string of the molecule is Cc1cc(C=O)cc(C)c1OCc1cncc(F)c1. The second kappa shape index (κ2) is 5.61. The lowest BCUT2D eigenvalue weighted by Gasteiger charge is -2.12. The zero-order valence-electron chi connectivity index (χ0n) is 10.8. The topological polar surface area (TPSA) is 39.2 Å². The molecule has 0 bridgehead atoms. The van der Waals surface area contributed by atoms with Gasteiger partial charge in [0.25, 0.3) is 0 Å². The predicted molar refractivity (Wildman–Crippen MR) is 69.8 cm³/mol. The van der Waals surface area contributed by atoms with Crippen molar-refractivity contribution < 1.29 is 13.9 Å². The molecule has 98 valence electrons. The summed E-state index contributed by atoms with van der Waals surface area (Å²) in [5.41, 5.74) is 3.05. The number of ether oxygens (including phenoxy) is 1. The Labute approximate surface area is 111 Å². The average Bonchev–Trinajstić information content (AvgIpc) is 2.37. The molecule has 1 aromatic heterocycles. The molecule has 0 radical (unpaired) electrons. The Kier molecular flexibility index (Phi) is 3.90. The summed E-state index contributed by atoms with van der Waals surface area (Å²) in [5, 5.41) is 0. The zero-order valence-corrected chi connectivity index (χ0v) is 10.8. The van der Waals surface area contributed by atoms with Crippen LogP contribution in [0.25, 0.3) is 0 Å². The van der Waals surface area contributed by atoms with Gasteiger partial charge in [0.15, 0.2) is 0 Å². The Morgan fingerprint density at radius 1 is 1.21 bits per heavy atom. The van der Waals surface area contributed by atoms with Gasteiger partial charge in [0.1, 0.15) is 24.5 Å². The number of hydrogen-bond acceptors (Lipinski definition) is 3. The van der Waals surface area contributed by atoms with Crippen LogP contribution in [0.5, 0.6) is 5.75 Å². The third kappa shape index (κ3) is 3.16. The van der Waals surface area contributed by atoms with Gasteiger partial charge in [-0.15, -0.1) is 0 Å². The van der Waals surface area contributed by atoms with Crippen molar-refractivity contribution in [2.24, 2.45) is 0 Å². The maximum Gasteiger partial charge on any atom is 0.150 e. The van der Waals surface area contributed by atoms with E-state index in [1.165, 1.54) is 6.07 Å². The van der Waals surface area contributed by atoms with Crippen molar-refractivity contribution >= 4 is 6.29 Å². The Bertz CT molecular complexity index is 588. The molecule has 0 spiro atoms. The summed E-state index contributed by atoms with van der Waals surface area (Å²) in [6.45, 7) is 3.99. The maximum atomic E-state index is 13.0. The number of carbonyl (C=O) groups excluding carboxylic acids is 1. The number of aromatic nitrogens is 1. The molecule has 3 nitrogen and oxygen atoms in total. The van der Waals surface area contributed by atoms with Crippen LogP contribution in [0, 0.1) is 19.7 Å². The molecule has 0 amide bonds. The van der Waals surface area contributed by atoms with E-state index in [2.05, 4.69) is 4.98 Å². The zero-order chi connectivity index (χ0) is 13.8. The van der Waals surface area contributed by atoms with Crippen LogP contribution < -0.4 is 4.74 Å². The highest BCUT2D eigenvalue weighted by molar-refractivity contribution is 5.76. The predicted octanol–water partition coefficient (Wildman–Crippen LogP) is 3.23. The van der Waals surface area contributed by atoms with Crippen LogP contribution in [0.4, 0.5) is 4.39 Å². The lowest BCUT2D eigenvalue weighted by atomic mass is 10.1. The summed E-state index contributed by atoms with van der Waals surface area (Å²) < 4.78 is 18.7. The van der Waals surface area contributed by atoms with Crippen LogP contribution in [0.3, 0.4) is 0 Å². The molecule has 19 heavy (non-hydrogen) atoms. The summed E-state index contributed by atoms with van der Waals surface area (Å²) in [4.78, 5) is 14.5. The summed E-state index contributed by atoms with van der Waals surface area (Å²) in [5.74, 6) is 0.334. The fraction of sp³-hybridized carbons (Fsp3) is 0.200. The van der Waals surface area contributed by atoms with Crippen molar-refractivity contribution in [2.45, 2.75) is 20.5 Å². The monoisotopic (exact) mass is 259 g/mol. The van der Waals surface area contributed by atoms with E-state index in [4.69, 9.17) is 4.74 Å². The molecule has 0 saturated heterocycles. The van der Waals surface area contributed by atoms with E-state index in [0.29, 0.717) is 11.1 Å². The van der Waals surface area contributed by atoms with Crippen LogP contribution in [-0.4, -0.2) is 11.3 Å². The quantitative estimate of drug-likeness (QED) is 0.791. The van der Waals surface area contributed by atoms with Gasteiger partial charge in [-0.3, -0.25) is 9.78 Å². The Morgan fingerprint density at radius 2 is 1.89 bits per heavy atom. The lowest BCUT2D eigenvalue weighted by molar-refractivity contribution is 0.112. The van der Waals surface area contributed by atoms with Crippen molar-refractivity contribution in [3.63, 3.8) is 0 Å². The number of aryl methyl sites for hydroxylation is 2. The van der Waals surface area contributed by atoms with Crippen molar-refractivity contribution in [1.29, 1.82) is 0 Å². The fourth-order valence-corrected chi connectivity index (χ4v) is 1.97. The van der Waals surface area contributed by atoms with Gasteiger partial charge in [0.05, 0.1) is 6.20 Å². The molecule has 2 aromatic rings. The van der Waals surface area contributed by atoms with E-state index >= 15 is 0 Å². The summed E-state index contributed by atoms with van der Waals surface area (Å²) in [6, 6.07) is 4.91. The summed E-state index contributed by atoms with van der Waals surface area (Å²) >= 11 is 0. The van der Waals surface area contributed by atoms with Crippen LogP contribution >= 0.6 is 0 Å². The van der Waals surface area contributed by atoms with Gasteiger partial charge in [0, 0.05) is 17.3 Å². The van der Waals surface area contributed by atoms with Crippen LogP contribution in [0.2, 0.25) is 0 Å². The molecule has 0 aliphatic carbocycles. The molecular formula is C15H14FNO2. The van der Waals surface area contributed by atoms with E-state index in [1.807, 2.05) is 13.8 Å². The lowest BCUT2D eigenvalue weighted by Crippen LogP contribution is -2.01. The highest BCUT2D eigenvalue weighted by Gasteiger charge is 2.07. The second-order valence-electron chi connectivity index (χ2n) is 4.40. The molecule has 4 heteroatoms. The first-order valence-corrected chi connectivity index (χ1v) is 5.89. The highest BCUT2D eigenvalue weighted by Crippen LogP contribution is 2.25. The van der Waals surface area contributed by atoms with Crippen molar-refractivity contribution in [3.8, 4) is 5.75 Å². The number of carbonyl (C=O) groups is 1. The molecule has 0 aliphatic rings. The molecule has 0 saturated carbocycles. The van der Waals surface area contributed by atoms with Gasteiger partial charge in [-0.05, 0) is 43.2 Å². The molecule has 0 unspecified atom stereocenters. The summed E-state index contributed by atoms with van der Waals surface area (Å²) in [6.07, 6.45) is 3.52. The molecule has 2 rings (SSSR count). The summed E-state index contributed by atoms with van der Waals surface area (Å²) in [7, 11) is 0. The van der Waals surface area contributed by atoms with Gasteiger partial charge >= 0.3 is 0 Å². The molecule has 0 atom stereocenters.